The summed E-state index contributed by atoms with van der Waals surface area (Å²) in [6.45, 7) is 11.4. The zero-order valence-corrected chi connectivity index (χ0v) is 23.6. The molecule has 8 heteroatoms. The van der Waals surface area contributed by atoms with Crippen LogP contribution in [0.15, 0.2) is 61.2 Å². The molecule has 2 amide bonds. The summed E-state index contributed by atoms with van der Waals surface area (Å²) in [6.07, 6.45) is 2.61. The van der Waals surface area contributed by atoms with Crippen molar-refractivity contribution in [2.45, 2.75) is 63.8 Å². The number of hydrogen-bond acceptors (Lipinski definition) is 6. The fraction of sp³-hybridized carbons (Fsp3) is 0.469. The minimum Gasteiger partial charge on any atom is -0.466 e. The predicted molar refractivity (Wildman–Crippen MR) is 150 cm³/mol. The van der Waals surface area contributed by atoms with Crippen molar-refractivity contribution < 1.29 is 29.0 Å². The van der Waals surface area contributed by atoms with Gasteiger partial charge in [0.05, 0.1) is 30.8 Å². The van der Waals surface area contributed by atoms with Crippen LogP contribution in [0.3, 0.4) is 0 Å². The maximum absolute atomic E-state index is 14.9. The van der Waals surface area contributed by atoms with Crippen molar-refractivity contribution in [2.24, 2.45) is 11.8 Å². The van der Waals surface area contributed by atoms with Gasteiger partial charge in [0.2, 0.25) is 5.91 Å². The highest BCUT2D eigenvalue weighted by Crippen LogP contribution is 2.64. The molecule has 2 aromatic rings. The number of aryl methyl sites for hydroxylation is 2. The molecule has 5 rings (SSSR count). The van der Waals surface area contributed by atoms with E-state index in [-0.39, 0.29) is 25.0 Å². The zero-order chi connectivity index (χ0) is 28.8. The van der Waals surface area contributed by atoms with E-state index in [1.165, 1.54) is 4.90 Å². The summed E-state index contributed by atoms with van der Waals surface area (Å²) < 4.78 is 12.2. The van der Waals surface area contributed by atoms with Gasteiger partial charge in [-0.25, -0.2) is 0 Å². The van der Waals surface area contributed by atoms with E-state index in [1.807, 2.05) is 69.3 Å². The van der Waals surface area contributed by atoms with Crippen molar-refractivity contribution in [2.75, 3.05) is 24.7 Å². The molecule has 1 spiro atoms. The second kappa shape index (κ2) is 10.5. The van der Waals surface area contributed by atoms with Crippen LogP contribution in [0.2, 0.25) is 0 Å². The zero-order valence-electron chi connectivity index (χ0n) is 23.6. The molecular formula is C32H38N2O6. The summed E-state index contributed by atoms with van der Waals surface area (Å²) in [5.41, 5.74) is 1.10. The minimum atomic E-state index is -1.24. The topological polar surface area (TPSA) is 96.4 Å². The first-order valence-corrected chi connectivity index (χ1v) is 14.0. The molecule has 0 aromatic heterocycles. The lowest BCUT2D eigenvalue weighted by Crippen LogP contribution is -2.57. The van der Waals surface area contributed by atoms with Gasteiger partial charge in [0.1, 0.15) is 17.6 Å². The van der Waals surface area contributed by atoms with Gasteiger partial charge in [-0.2, -0.15) is 0 Å². The van der Waals surface area contributed by atoms with Crippen LogP contribution in [0.5, 0.6) is 0 Å². The fourth-order valence-corrected chi connectivity index (χ4v) is 7.40. The van der Waals surface area contributed by atoms with Crippen molar-refractivity contribution in [3.8, 4) is 0 Å². The van der Waals surface area contributed by atoms with Crippen LogP contribution in [0.25, 0.3) is 0 Å². The number of benzene rings is 2. The van der Waals surface area contributed by atoms with Crippen LogP contribution >= 0.6 is 0 Å². The summed E-state index contributed by atoms with van der Waals surface area (Å²) >= 11 is 0. The molecule has 0 saturated carbocycles. The number of aliphatic hydroxyl groups excluding tert-OH is 1. The Morgan fingerprint density at radius 3 is 2.45 bits per heavy atom. The monoisotopic (exact) mass is 546 g/mol. The number of fused-ring (bicyclic) bond motifs is 1. The van der Waals surface area contributed by atoms with Crippen LogP contribution in [-0.2, 0) is 23.9 Å². The van der Waals surface area contributed by atoms with Crippen molar-refractivity contribution in [3.05, 3.63) is 77.9 Å². The first-order chi connectivity index (χ1) is 19.1. The molecule has 0 aliphatic carbocycles. The summed E-state index contributed by atoms with van der Waals surface area (Å²) in [7, 11) is 0. The lowest BCUT2D eigenvalue weighted by atomic mass is 9.66. The second-order valence-corrected chi connectivity index (χ2v) is 11.3. The highest BCUT2D eigenvalue weighted by molar-refractivity contribution is 6.05. The molecule has 6 atom stereocenters. The van der Waals surface area contributed by atoms with Gasteiger partial charge >= 0.3 is 5.97 Å². The number of aliphatic hydroxyl groups is 1. The SMILES string of the molecule is C=CCN(C(=O)C1N([C@H](CO)c2ccccc2)C(=O)[C@@H]2[C@H](C(=O)OCC)[C@]3(C)CCC12O3)c1c(C)cccc1C. The maximum Gasteiger partial charge on any atom is 0.312 e. The van der Waals surface area contributed by atoms with Crippen LogP contribution in [0.4, 0.5) is 5.69 Å². The molecule has 3 saturated heterocycles. The van der Waals surface area contributed by atoms with E-state index in [2.05, 4.69) is 6.58 Å². The number of nitrogens with zero attached hydrogens (tertiary/aromatic N) is 2. The summed E-state index contributed by atoms with van der Waals surface area (Å²) in [5, 5.41) is 10.7. The Kier molecular flexibility index (Phi) is 7.35. The van der Waals surface area contributed by atoms with Gasteiger partial charge < -0.3 is 24.4 Å². The number of amides is 2. The van der Waals surface area contributed by atoms with E-state index in [4.69, 9.17) is 9.47 Å². The Balaban J connectivity index is 1.70. The number of esters is 1. The fourth-order valence-electron chi connectivity index (χ4n) is 7.40. The van der Waals surface area contributed by atoms with Gasteiger partial charge in [0.25, 0.3) is 5.91 Å². The van der Waals surface area contributed by atoms with E-state index in [9.17, 15) is 19.5 Å². The van der Waals surface area contributed by atoms with E-state index in [0.29, 0.717) is 18.4 Å². The van der Waals surface area contributed by atoms with Gasteiger partial charge in [0, 0.05) is 12.2 Å². The third kappa shape index (κ3) is 4.08. The van der Waals surface area contributed by atoms with E-state index in [1.54, 1.807) is 17.9 Å². The largest absolute Gasteiger partial charge is 0.466 e. The van der Waals surface area contributed by atoms with Gasteiger partial charge in [-0.05, 0) is 57.2 Å². The molecule has 2 unspecified atom stereocenters. The van der Waals surface area contributed by atoms with E-state index < -0.39 is 47.7 Å². The quantitative estimate of drug-likeness (QED) is 0.379. The Morgan fingerprint density at radius 2 is 1.85 bits per heavy atom. The number of ether oxygens (including phenoxy) is 2. The van der Waals surface area contributed by atoms with Gasteiger partial charge in [0.15, 0.2) is 0 Å². The Bertz CT molecular complexity index is 1310. The predicted octanol–water partition coefficient (Wildman–Crippen LogP) is 3.88. The standard InChI is InChI=1S/C32H38N2O6/c1-6-18-33(26-20(3)12-11-13-21(26)4)29(37)27-32-17-16-31(5,40-32)25(30(38)39-7-2)24(32)28(36)34(27)23(19-35)22-14-9-8-10-15-22/h6,8-15,23-25,27,35H,1,7,16-19H2,2-5H3/t23-,24+,25-,27?,31+,32?/m1/s1. The molecule has 212 valence electrons. The highest BCUT2D eigenvalue weighted by Gasteiger charge is 2.79. The van der Waals surface area contributed by atoms with Crippen molar-refractivity contribution in [1.29, 1.82) is 0 Å². The molecule has 2 aromatic carbocycles. The molecule has 1 N–H and O–H groups in total. The molecular weight excluding hydrogens is 508 g/mol. The lowest BCUT2D eigenvalue weighted by molar-refractivity contribution is -0.160. The van der Waals surface area contributed by atoms with Gasteiger partial charge in [-0.15, -0.1) is 6.58 Å². The lowest BCUT2D eigenvalue weighted by Gasteiger charge is -2.40. The smallest absolute Gasteiger partial charge is 0.312 e. The first-order valence-electron chi connectivity index (χ1n) is 14.0. The molecule has 3 aliphatic heterocycles. The average Bonchev–Trinajstić information content (AvgIpc) is 3.50. The highest BCUT2D eigenvalue weighted by atomic mass is 16.6. The number of likely N-dealkylation sites (tertiary alicyclic amines) is 1. The van der Waals surface area contributed by atoms with Crippen molar-refractivity contribution >= 4 is 23.5 Å². The average molecular weight is 547 g/mol. The molecule has 2 bridgehead atoms. The maximum atomic E-state index is 14.9. The molecule has 3 fully saturated rings. The van der Waals surface area contributed by atoms with Gasteiger partial charge in [-0.1, -0.05) is 54.6 Å². The number of carbonyl (C=O) groups is 3. The third-order valence-corrected chi connectivity index (χ3v) is 8.97. The number of rotatable bonds is 9. The number of carbonyl (C=O) groups excluding carboxylic acids is 3. The van der Waals surface area contributed by atoms with Crippen molar-refractivity contribution in [1.82, 2.24) is 4.90 Å². The van der Waals surface area contributed by atoms with E-state index >= 15 is 0 Å². The number of hydrogen-bond donors (Lipinski definition) is 1. The van der Waals surface area contributed by atoms with Crippen LogP contribution in [0, 0.1) is 25.7 Å². The Morgan fingerprint density at radius 1 is 1.18 bits per heavy atom. The minimum absolute atomic E-state index is 0.175. The first kappa shape index (κ1) is 28.1. The molecule has 3 heterocycles. The Hall–Kier alpha value is -3.49. The molecule has 40 heavy (non-hydrogen) atoms. The van der Waals surface area contributed by atoms with Crippen LogP contribution in [0.1, 0.15) is 49.4 Å². The summed E-state index contributed by atoms with van der Waals surface area (Å²) in [4.78, 5) is 45.9. The van der Waals surface area contributed by atoms with Gasteiger partial charge in [-0.3, -0.25) is 14.4 Å². The summed E-state index contributed by atoms with van der Waals surface area (Å²) in [6, 6.07) is 13.1. The third-order valence-electron chi connectivity index (χ3n) is 8.97. The molecule has 0 radical (unpaired) electrons. The summed E-state index contributed by atoms with van der Waals surface area (Å²) in [5.74, 6) is -2.94. The Labute approximate surface area is 235 Å². The number of para-hydroxylation sites is 1. The second-order valence-electron chi connectivity index (χ2n) is 11.3. The normalized spacial score (nSPS) is 29.3. The molecule has 3 aliphatic rings. The van der Waals surface area contributed by atoms with Crippen molar-refractivity contribution in [3.63, 3.8) is 0 Å². The number of anilines is 1. The van der Waals surface area contributed by atoms with Crippen LogP contribution < -0.4 is 4.90 Å². The van der Waals surface area contributed by atoms with Crippen LogP contribution in [-0.4, -0.2) is 64.8 Å². The molecule has 8 nitrogen and oxygen atoms in total. The van der Waals surface area contributed by atoms with E-state index in [0.717, 1.165) is 16.8 Å².